The number of aliphatic hydroxyl groups excluding tert-OH is 1. The molecule has 0 spiro atoms. The number of carboxylic acid groups (broad SMARTS) is 1. The van der Waals surface area contributed by atoms with Crippen molar-refractivity contribution in [1.82, 2.24) is 15.6 Å². The summed E-state index contributed by atoms with van der Waals surface area (Å²) >= 11 is 0. The zero-order valence-corrected chi connectivity index (χ0v) is 29.9. The second-order valence-electron chi connectivity index (χ2n) is 15.8. The van der Waals surface area contributed by atoms with Gasteiger partial charge in [-0.05, 0) is 86.3 Å². The second-order valence-corrected chi connectivity index (χ2v) is 15.8. The van der Waals surface area contributed by atoms with E-state index in [4.69, 9.17) is 4.74 Å². The first-order valence-corrected chi connectivity index (χ1v) is 18.3. The Morgan fingerprint density at radius 1 is 1.04 bits per heavy atom. The van der Waals surface area contributed by atoms with Gasteiger partial charge in [-0.15, -0.1) is 0 Å². The summed E-state index contributed by atoms with van der Waals surface area (Å²) in [6.45, 7) is 4.71. The van der Waals surface area contributed by atoms with Gasteiger partial charge in [0.25, 0.3) is 0 Å². The smallest absolute Gasteiger partial charge is 0.326 e. The van der Waals surface area contributed by atoms with Crippen LogP contribution in [-0.2, 0) is 39.9 Å². The number of ketones is 2. The Morgan fingerprint density at radius 2 is 1.79 bits per heavy atom. The Labute approximate surface area is 301 Å². The molecule has 52 heavy (non-hydrogen) atoms. The largest absolute Gasteiger partial charge is 0.480 e. The molecule has 3 fully saturated rings. The van der Waals surface area contributed by atoms with Crippen LogP contribution in [0.25, 0.3) is 10.9 Å². The number of amides is 2. The number of aromatic amines is 1. The minimum absolute atomic E-state index is 0.0218. The molecule has 2 amide bonds. The van der Waals surface area contributed by atoms with Gasteiger partial charge in [0.15, 0.2) is 12.4 Å². The second kappa shape index (κ2) is 14.2. The van der Waals surface area contributed by atoms with Crippen LogP contribution in [0.15, 0.2) is 42.1 Å². The van der Waals surface area contributed by atoms with Crippen LogP contribution in [0.2, 0.25) is 0 Å². The predicted molar refractivity (Wildman–Crippen MR) is 187 cm³/mol. The third-order valence-electron chi connectivity index (χ3n) is 12.9. The molecule has 6 N–H and O–H groups in total. The first kappa shape index (κ1) is 37.4. The van der Waals surface area contributed by atoms with Crippen molar-refractivity contribution in [1.29, 1.82) is 0 Å². The number of ether oxygens (including phenoxy) is 1. The molecule has 4 aliphatic rings. The van der Waals surface area contributed by atoms with E-state index in [1.54, 1.807) is 12.3 Å². The number of H-pyrrole nitrogens is 1. The molecule has 280 valence electrons. The van der Waals surface area contributed by atoms with Crippen LogP contribution in [0.5, 0.6) is 0 Å². The van der Waals surface area contributed by atoms with Crippen molar-refractivity contribution in [2.24, 2.45) is 28.6 Å². The predicted octanol–water partition coefficient (Wildman–Crippen LogP) is 2.91. The van der Waals surface area contributed by atoms with E-state index in [1.165, 1.54) is 6.92 Å². The summed E-state index contributed by atoms with van der Waals surface area (Å²) in [5.74, 6) is -3.96. The van der Waals surface area contributed by atoms with E-state index in [0.29, 0.717) is 24.8 Å². The number of esters is 1. The quantitative estimate of drug-likeness (QED) is 0.177. The summed E-state index contributed by atoms with van der Waals surface area (Å²) in [6.07, 6.45) is 5.61. The lowest BCUT2D eigenvalue weighted by molar-refractivity contribution is -0.184. The summed E-state index contributed by atoms with van der Waals surface area (Å²) in [5, 5.41) is 39.0. The van der Waals surface area contributed by atoms with Crippen LogP contribution >= 0.6 is 0 Å². The van der Waals surface area contributed by atoms with Gasteiger partial charge in [-0.3, -0.25) is 24.0 Å². The summed E-state index contributed by atoms with van der Waals surface area (Å²) in [7, 11) is 0. The lowest BCUT2D eigenvalue weighted by atomic mass is 9.45. The maximum atomic E-state index is 13.6. The van der Waals surface area contributed by atoms with Crippen LogP contribution in [0.4, 0.5) is 0 Å². The van der Waals surface area contributed by atoms with Crippen molar-refractivity contribution in [3.05, 3.63) is 47.7 Å². The van der Waals surface area contributed by atoms with Crippen molar-refractivity contribution >= 4 is 46.2 Å². The third-order valence-corrected chi connectivity index (χ3v) is 12.9. The van der Waals surface area contributed by atoms with Gasteiger partial charge in [-0.1, -0.05) is 37.6 Å². The molecule has 13 heteroatoms. The molecule has 6 rings (SSSR count). The van der Waals surface area contributed by atoms with Gasteiger partial charge in [-0.25, -0.2) is 4.79 Å². The highest BCUT2D eigenvalue weighted by atomic mass is 16.5. The van der Waals surface area contributed by atoms with E-state index >= 15 is 0 Å². The molecule has 6 unspecified atom stereocenters. The molecule has 1 aromatic heterocycles. The lowest BCUT2D eigenvalue weighted by Gasteiger charge is -2.60. The fourth-order valence-corrected chi connectivity index (χ4v) is 10.1. The molecule has 0 bridgehead atoms. The SMILES string of the molecule is CC(NC(=O)CCC(=O)OCC(=O)[C@@]1(O)CCC2C3CCC4=CC(=O)CC[C@]4(C)C3C(O)C[C@@]21C)C(=O)NC(Cc1c[nH]c2ccccc12)C(=O)O. The van der Waals surface area contributed by atoms with E-state index in [1.807, 2.05) is 31.2 Å². The standard InChI is InChI=1S/C39H49N3O10/c1-21(35(48)42-29(36(49)50)16-22-19-40-28-7-5-4-6-25(22)28)41-32(46)10-11-33(47)52-20-31(45)39(51)15-13-27-26-9-8-23-17-24(43)12-14-37(23,2)34(26)30(44)18-38(27,39)3/h4-7,17,19,21,26-27,29-30,34,40,44,51H,8-16,18,20H2,1-3H3,(H,41,46)(H,42,48)(H,49,50)/t21?,26?,27?,29?,30?,34?,37-,38-,39-/m0/s1. The molecule has 9 atom stereocenters. The number of aromatic nitrogens is 1. The van der Waals surface area contributed by atoms with Gasteiger partial charge < -0.3 is 35.7 Å². The lowest BCUT2D eigenvalue weighted by Crippen LogP contribution is -2.62. The van der Waals surface area contributed by atoms with Crippen molar-refractivity contribution in [2.45, 2.75) is 109 Å². The Kier molecular flexibility index (Phi) is 10.2. The number of rotatable bonds is 12. The first-order valence-electron chi connectivity index (χ1n) is 18.3. The Balaban J connectivity index is 0.978. The van der Waals surface area contributed by atoms with Gasteiger partial charge in [0.2, 0.25) is 17.6 Å². The number of hydrogen-bond acceptors (Lipinski definition) is 9. The fourth-order valence-electron chi connectivity index (χ4n) is 10.1. The molecule has 0 saturated heterocycles. The van der Waals surface area contributed by atoms with Gasteiger partial charge in [0.05, 0.1) is 12.5 Å². The molecular formula is C39H49N3O10. The van der Waals surface area contributed by atoms with Crippen molar-refractivity contribution in [3.8, 4) is 0 Å². The number of aliphatic carboxylic acids is 1. The summed E-state index contributed by atoms with van der Waals surface area (Å²) in [6, 6.07) is 5.04. The van der Waals surface area contributed by atoms with Crippen LogP contribution in [0, 0.1) is 28.6 Å². The number of carboxylic acids is 1. The van der Waals surface area contributed by atoms with E-state index in [0.717, 1.165) is 29.3 Å². The van der Waals surface area contributed by atoms with Gasteiger partial charge in [-0.2, -0.15) is 0 Å². The first-order chi connectivity index (χ1) is 24.6. The number of fused-ring (bicyclic) bond motifs is 6. The van der Waals surface area contributed by atoms with Crippen molar-refractivity contribution < 1.29 is 48.8 Å². The third kappa shape index (κ3) is 6.68. The fraction of sp³-hybridized carbons (Fsp3) is 0.590. The minimum Gasteiger partial charge on any atom is -0.480 e. The number of hydrogen-bond donors (Lipinski definition) is 6. The number of carbonyl (C=O) groups excluding carboxylic acids is 5. The summed E-state index contributed by atoms with van der Waals surface area (Å²) in [4.78, 5) is 78.7. The molecule has 13 nitrogen and oxygen atoms in total. The number of nitrogens with one attached hydrogen (secondary N) is 3. The minimum atomic E-state index is -1.80. The van der Waals surface area contributed by atoms with Gasteiger partial charge in [0, 0.05) is 41.8 Å². The zero-order chi connectivity index (χ0) is 37.6. The summed E-state index contributed by atoms with van der Waals surface area (Å²) < 4.78 is 5.22. The Morgan fingerprint density at radius 3 is 2.54 bits per heavy atom. The number of aliphatic hydroxyl groups is 2. The number of carbonyl (C=O) groups is 6. The van der Waals surface area contributed by atoms with Crippen LogP contribution in [-0.4, -0.2) is 86.0 Å². The highest BCUT2D eigenvalue weighted by Gasteiger charge is 2.68. The van der Waals surface area contributed by atoms with Crippen molar-refractivity contribution in [2.75, 3.05) is 6.61 Å². The molecule has 1 aromatic carbocycles. The molecule has 0 aliphatic heterocycles. The molecule has 3 saturated carbocycles. The number of allylic oxidation sites excluding steroid dienone is 1. The molecular weight excluding hydrogens is 670 g/mol. The average molecular weight is 720 g/mol. The van der Waals surface area contributed by atoms with Crippen LogP contribution in [0.3, 0.4) is 0 Å². The highest BCUT2D eigenvalue weighted by molar-refractivity contribution is 5.93. The number of benzene rings is 1. The highest BCUT2D eigenvalue weighted by Crippen LogP contribution is 2.67. The Hall–Kier alpha value is -4.36. The average Bonchev–Trinajstić information content (AvgIpc) is 3.63. The number of para-hydroxylation sites is 1. The molecule has 2 aromatic rings. The van der Waals surface area contributed by atoms with Gasteiger partial charge >= 0.3 is 11.9 Å². The van der Waals surface area contributed by atoms with E-state index in [-0.39, 0.29) is 61.1 Å². The number of Topliss-reactive ketones (excluding diaryl/α,β-unsaturated/α-hetero) is 1. The summed E-state index contributed by atoms with van der Waals surface area (Å²) in [5.41, 5.74) is -0.382. The van der Waals surface area contributed by atoms with Crippen LogP contribution < -0.4 is 10.6 Å². The van der Waals surface area contributed by atoms with E-state index in [2.05, 4.69) is 22.5 Å². The molecule has 4 aliphatic carbocycles. The maximum Gasteiger partial charge on any atom is 0.326 e. The Bertz CT molecular complexity index is 1820. The zero-order valence-electron chi connectivity index (χ0n) is 29.9. The topological polar surface area (TPSA) is 212 Å². The normalized spacial score (nSPS) is 32.0. The molecule has 0 radical (unpaired) electrons. The van der Waals surface area contributed by atoms with E-state index < -0.39 is 65.3 Å². The maximum absolute atomic E-state index is 13.6. The van der Waals surface area contributed by atoms with Crippen molar-refractivity contribution in [3.63, 3.8) is 0 Å². The van der Waals surface area contributed by atoms with Gasteiger partial charge in [0.1, 0.15) is 17.7 Å². The van der Waals surface area contributed by atoms with Crippen LogP contribution in [0.1, 0.15) is 84.1 Å². The van der Waals surface area contributed by atoms with E-state index in [9.17, 15) is 44.1 Å². The molecule has 1 heterocycles. The monoisotopic (exact) mass is 719 g/mol.